The van der Waals surface area contributed by atoms with Gasteiger partial charge in [-0.1, -0.05) is 57.9 Å². The number of aliphatic imine (C=N–C) groups is 1. The van der Waals surface area contributed by atoms with Crippen LogP contribution in [-0.2, 0) is 11.2 Å². The lowest BCUT2D eigenvalue weighted by molar-refractivity contribution is -0.836. The number of carbonyl (C=O) groups excluding carboxylic acids is 1. The number of ether oxygens (including phenoxy) is 1. The molecule has 6 nitrogen and oxygen atoms in total. The highest BCUT2D eigenvalue weighted by atomic mass is 16.5. The first-order valence-corrected chi connectivity index (χ1v) is 15.1. The second-order valence-electron chi connectivity index (χ2n) is 11.2. The highest BCUT2D eigenvalue weighted by molar-refractivity contribution is 5.82. The molecule has 2 heterocycles. The zero-order valence-corrected chi connectivity index (χ0v) is 25.8. The molecule has 39 heavy (non-hydrogen) atoms. The molecule has 0 radical (unpaired) electrons. The molecule has 2 aliphatic rings. The quantitative estimate of drug-likeness (QED) is 0.147. The first kappa shape index (κ1) is 34.6. The summed E-state index contributed by atoms with van der Waals surface area (Å²) in [5.74, 6) is 1.74. The lowest BCUT2D eigenvalue weighted by Crippen LogP contribution is -3.02. The smallest absolute Gasteiger partial charge is 0.207 e. The molecule has 1 fully saturated rings. The zero-order chi connectivity index (χ0) is 28.9. The number of hydrogen-bond donors (Lipinski definition) is 2. The Morgan fingerprint density at radius 1 is 1.21 bits per heavy atom. The largest absolute Gasteiger partial charge is 0.493 e. The summed E-state index contributed by atoms with van der Waals surface area (Å²) in [5.41, 5.74) is 4.12. The van der Waals surface area contributed by atoms with Gasteiger partial charge in [0.25, 0.3) is 0 Å². The highest BCUT2D eigenvalue weighted by Crippen LogP contribution is 2.37. The lowest BCUT2D eigenvalue weighted by Gasteiger charge is -2.24. The minimum atomic E-state index is 0.649. The number of quaternary nitrogens is 1. The van der Waals surface area contributed by atoms with E-state index in [1.165, 1.54) is 66.9 Å². The number of benzene rings is 1. The topological polar surface area (TPSA) is 58.4 Å². The number of unbranched alkanes of at least 4 members (excludes halogenated alkanes) is 3. The molecule has 1 aromatic rings. The Bertz CT molecular complexity index is 863. The van der Waals surface area contributed by atoms with Gasteiger partial charge in [0, 0.05) is 37.5 Å². The molecule has 2 atom stereocenters. The van der Waals surface area contributed by atoms with Gasteiger partial charge in [0.05, 0.1) is 27.7 Å². The number of nitrogens with one attached hydrogen (secondary N) is 2. The van der Waals surface area contributed by atoms with E-state index in [9.17, 15) is 4.79 Å². The van der Waals surface area contributed by atoms with Crippen molar-refractivity contribution in [1.29, 1.82) is 0 Å². The first-order chi connectivity index (χ1) is 18.9. The van der Waals surface area contributed by atoms with E-state index in [0.29, 0.717) is 12.0 Å². The van der Waals surface area contributed by atoms with Crippen molar-refractivity contribution in [2.24, 2.45) is 4.99 Å². The van der Waals surface area contributed by atoms with Crippen LogP contribution in [0.5, 0.6) is 5.75 Å². The molecular weight excluding hydrogens is 484 g/mol. The molecule has 0 aliphatic carbocycles. The summed E-state index contributed by atoms with van der Waals surface area (Å²) in [6.45, 7) is 14.3. The molecule has 2 N–H and O–H groups in total. The summed E-state index contributed by atoms with van der Waals surface area (Å²) in [4.78, 5) is 18.3. The molecule has 3 rings (SSSR count). The van der Waals surface area contributed by atoms with Gasteiger partial charge in [0.2, 0.25) is 6.41 Å². The van der Waals surface area contributed by atoms with Crippen molar-refractivity contribution in [3.8, 4) is 5.75 Å². The number of carbonyl (C=O) groups is 1. The van der Waals surface area contributed by atoms with Crippen molar-refractivity contribution in [3.63, 3.8) is 0 Å². The molecule has 0 spiro atoms. The molecule has 0 saturated carbocycles. The van der Waals surface area contributed by atoms with Crippen LogP contribution in [0.3, 0.4) is 0 Å². The number of hydrogen-bond acceptors (Lipinski definition) is 4. The Labute approximate surface area is 239 Å². The first-order valence-electron chi connectivity index (χ1n) is 15.1. The Hall–Kier alpha value is -2.44. The van der Waals surface area contributed by atoms with Crippen LogP contribution < -0.4 is 15.0 Å². The van der Waals surface area contributed by atoms with Crippen molar-refractivity contribution < 1.29 is 14.4 Å². The van der Waals surface area contributed by atoms with E-state index in [1.807, 2.05) is 12.3 Å². The van der Waals surface area contributed by atoms with Crippen LogP contribution in [0, 0.1) is 0 Å². The molecule has 220 valence electrons. The molecule has 6 heteroatoms. The van der Waals surface area contributed by atoms with Crippen molar-refractivity contribution in [2.45, 2.75) is 90.5 Å². The van der Waals surface area contributed by atoms with Crippen LogP contribution in [0.2, 0.25) is 0 Å². The summed E-state index contributed by atoms with van der Waals surface area (Å²) < 4.78 is 5.69. The number of amides is 1. The molecule has 1 aromatic carbocycles. The zero-order valence-electron chi connectivity index (χ0n) is 25.8. The summed E-state index contributed by atoms with van der Waals surface area (Å²) in [7, 11) is 6.25. The molecule has 0 aromatic heterocycles. The van der Waals surface area contributed by atoms with Crippen LogP contribution in [0.25, 0.3) is 0 Å². The molecule has 2 aliphatic heterocycles. The fourth-order valence-corrected chi connectivity index (χ4v) is 4.83. The average Bonchev–Trinajstić information content (AvgIpc) is 3.55. The standard InChI is InChI=1S/C25H36N2O.C5H11NO.C3H9N/c1-4-6-8-15-27-19-23(21-10-12-25-22(17-21)13-16-28-25)18-24(27)11-9-20(3)26-14-7-5-2;1-2-3-4-6-5-7;1-4(2)3/h5,7,10,12,14,17,23-24H,2,4,6,8-9,11,13,15-16,18-19H2,1,3H3;5H,2-4H2,1H3,(H,6,7);1-3H3/p+1/b14-7-,26-20?;;. The summed E-state index contributed by atoms with van der Waals surface area (Å²) >= 11 is 0. The van der Waals surface area contributed by atoms with Crippen LogP contribution in [0.1, 0.15) is 89.2 Å². The van der Waals surface area contributed by atoms with E-state index < -0.39 is 0 Å². The van der Waals surface area contributed by atoms with Crippen LogP contribution in [-0.4, -0.2) is 70.4 Å². The maximum absolute atomic E-state index is 9.57. The Morgan fingerprint density at radius 3 is 2.62 bits per heavy atom. The van der Waals surface area contributed by atoms with Crippen molar-refractivity contribution in [3.05, 3.63) is 54.3 Å². The van der Waals surface area contributed by atoms with Gasteiger partial charge in [-0.15, -0.1) is 0 Å². The van der Waals surface area contributed by atoms with Gasteiger partial charge in [-0.25, -0.2) is 0 Å². The Kier molecular flexibility index (Phi) is 19.0. The SMILES string of the molecule is C=C/C=C\N=C(C)CCC1CC(c2ccc3c(c2)CCO3)CN1CCCCC.CCCCNC=O.C[NH+](C)C. The van der Waals surface area contributed by atoms with Gasteiger partial charge in [-0.05, 0) is 74.8 Å². The van der Waals surface area contributed by atoms with Crippen molar-refractivity contribution >= 4 is 12.1 Å². The third-order valence-corrected chi connectivity index (χ3v) is 6.88. The van der Waals surface area contributed by atoms with Gasteiger partial charge < -0.3 is 15.0 Å². The minimum Gasteiger partial charge on any atom is -0.493 e. The number of fused-ring (bicyclic) bond motifs is 1. The van der Waals surface area contributed by atoms with Crippen molar-refractivity contribution in [2.75, 3.05) is 47.4 Å². The summed E-state index contributed by atoms with van der Waals surface area (Å²) in [6.07, 6.45) is 17.0. The number of likely N-dealkylation sites (tertiary alicyclic amines) is 1. The number of nitrogens with zero attached hydrogens (tertiary/aromatic N) is 2. The van der Waals surface area contributed by atoms with E-state index in [4.69, 9.17) is 4.74 Å². The second kappa shape index (κ2) is 21.4. The third kappa shape index (κ3) is 15.1. The van der Waals surface area contributed by atoms with Gasteiger partial charge in [0.15, 0.2) is 0 Å². The van der Waals surface area contributed by atoms with E-state index in [2.05, 4.69) is 81.9 Å². The van der Waals surface area contributed by atoms with E-state index >= 15 is 0 Å². The van der Waals surface area contributed by atoms with E-state index in [1.54, 1.807) is 6.08 Å². The van der Waals surface area contributed by atoms with Crippen molar-refractivity contribution in [1.82, 2.24) is 10.2 Å². The fraction of sp³-hybridized carbons (Fsp3) is 0.636. The monoisotopic (exact) mass is 541 g/mol. The molecule has 0 bridgehead atoms. The van der Waals surface area contributed by atoms with Crippen LogP contribution >= 0.6 is 0 Å². The predicted octanol–water partition coefficient (Wildman–Crippen LogP) is 5.20. The maximum Gasteiger partial charge on any atom is 0.207 e. The Morgan fingerprint density at radius 2 is 1.95 bits per heavy atom. The van der Waals surface area contributed by atoms with Gasteiger partial charge in [0.1, 0.15) is 5.75 Å². The van der Waals surface area contributed by atoms with E-state index in [-0.39, 0.29) is 0 Å². The number of allylic oxidation sites excluding steroid dienone is 2. The second-order valence-corrected chi connectivity index (χ2v) is 11.2. The van der Waals surface area contributed by atoms with Gasteiger partial charge in [-0.3, -0.25) is 14.7 Å². The Balaban J connectivity index is 0.000000585. The molecule has 1 saturated heterocycles. The van der Waals surface area contributed by atoms with E-state index in [0.717, 1.165) is 51.0 Å². The fourth-order valence-electron chi connectivity index (χ4n) is 4.83. The minimum absolute atomic E-state index is 0.649. The molecular formula is C33H57N4O2+. The third-order valence-electron chi connectivity index (χ3n) is 6.88. The molecule has 2 unspecified atom stereocenters. The van der Waals surface area contributed by atoms with Gasteiger partial charge >= 0.3 is 0 Å². The molecule has 1 amide bonds. The van der Waals surface area contributed by atoms with Crippen LogP contribution in [0.15, 0.2) is 48.1 Å². The number of rotatable bonds is 14. The van der Waals surface area contributed by atoms with Gasteiger partial charge in [-0.2, -0.15) is 0 Å². The predicted molar refractivity (Wildman–Crippen MR) is 167 cm³/mol. The lowest BCUT2D eigenvalue weighted by atomic mass is 9.93. The maximum atomic E-state index is 9.57. The summed E-state index contributed by atoms with van der Waals surface area (Å²) in [5, 5.41) is 2.57. The normalized spacial score (nSPS) is 18.6. The summed E-state index contributed by atoms with van der Waals surface area (Å²) in [6, 6.07) is 7.57. The van der Waals surface area contributed by atoms with Crippen LogP contribution in [0.4, 0.5) is 0 Å². The average molecular weight is 542 g/mol. The highest BCUT2D eigenvalue weighted by Gasteiger charge is 2.32.